The van der Waals surface area contributed by atoms with Gasteiger partial charge in [0.15, 0.2) is 0 Å². The summed E-state index contributed by atoms with van der Waals surface area (Å²) < 4.78 is 4.90. The highest BCUT2D eigenvalue weighted by Gasteiger charge is 2.34. The first kappa shape index (κ1) is 11.8. The lowest BCUT2D eigenvalue weighted by Crippen LogP contribution is -2.39. The number of alkyl carbamates (subject to hydrolysis) is 1. The Morgan fingerprint density at radius 2 is 2.07 bits per heavy atom. The lowest BCUT2D eigenvalue weighted by atomic mass is 10.1. The van der Waals surface area contributed by atoms with Gasteiger partial charge in [-0.15, -0.1) is 0 Å². The van der Waals surface area contributed by atoms with Crippen molar-refractivity contribution in [3.8, 4) is 0 Å². The molecular weight excluding hydrogens is 198 g/mol. The molecule has 1 amide bonds. The van der Waals surface area contributed by atoms with Gasteiger partial charge >= 0.3 is 12.1 Å². The minimum atomic E-state index is -0.892. The van der Waals surface area contributed by atoms with Gasteiger partial charge in [-0.1, -0.05) is 0 Å². The van der Waals surface area contributed by atoms with E-state index in [0.29, 0.717) is 5.92 Å². The number of carbonyl (C=O) groups excluding carboxylic acids is 1. The molecule has 2 N–H and O–H groups in total. The Morgan fingerprint density at radius 1 is 1.47 bits per heavy atom. The maximum atomic E-state index is 11.3. The van der Waals surface area contributed by atoms with Gasteiger partial charge in [-0.3, -0.25) is 4.79 Å². The molecule has 1 saturated carbocycles. The monoisotopic (exact) mass is 215 g/mol. The zero-order valence-corrected chi connectivity index (χ0v) is 9.03. The molecule has 0 aromatic carbocycles. The molecule has 1 aliphatic carbocycles. The number of aliphatic carboxylic acids is 1. The van der Waals surface area contributed by atoms with Crippen molar-refractivity contribution >= 4 is 12.1 Å². The SMILES string of the molecule is CC(C)OC(=O)NC(CC(=O)O)C1CC1. The molecule has 15 heavy (non-hydrogen) atoms. The maximum Gasteiger partial charge on any atom is 0.407 e. The predicted octanol–water partition coefficient (Wildman–Crippen LogP) is 1.37. The standard InChI is InChI=1S/C10H17NO4/c1-6(2)15-10(14)11-8(5-9(12)13)7-3-4-7/h6-8H,3-5H2,1-2H3,(H,11,14)(H,12,13). The zero-order chi connectivity index (χ0) is 11.4. The molecule has 0 heterocycles. The van der Waals surface area contributed by atoms with Crippen molar-refractivity contribution < 1.29 is 19.4 Å². The van der Waals surface area contributed by atoms with Crippen LogP contribution in [0.5, 0.6) is 0 Å². The summed E-state index contributed by atoms with van der Waals surface area (Å²) in [6.07, 6.45) is 1.23. The Hall–Kier alpha value is -1.26. The molecule has 0 aliphatic heterocycles. The molecule has 0 radical (unpaired) electrons. The number of hydrogen-bond donors (Lipinski definition) is 2. The number of carbonyl (C=O) groups is 2. The minimum Gasteiger partial charge on any atom is -0.481 e. The van der Waals surface area contributed by atoms with Crippen LogP contribution in [0, 0.1) is 5.92 Å². The van der Waals surface area contributed by atoms with Gasteiger partial charge in [-0.05, 0) is 32.6 Å². The summed E-state index contributed by atoms with van der Waals surface area (Å²) in [4.78, 5) is 21.8. The van der Waals surface area contributed by atoms with E-state index in [4.69, 9.17) is 9.84 Å². The molecule has 0 aromatic rings. The van der Waals surface area contributed by atoms with Gasteiger partial charge < -0.3 is 15.2 Å². The van der Waals surface area contributed by atoms with Crippen molar-refractivity contribution in [3.63, 3.8) is 0 Å². The van der Waals surface area contributed by atoms with Crippen LogP contribution in [0.15, 0.2) is 0 Å². The van der Waals surface area contributed by atoms with Crippen LogP contribution in [0.4, 0.5) is 4.79 Å². The normalized spacial score (nSPS) is 17.3. The average molecular weight is 215 g/mol. The molecular formula is C10H17NO4. The summed E-state index contributed by atoms with van der Waals surface area (Å²) in [5, 5.41) is 11.3. The van der Waals surface area contributed by atoms with Crippen LogP contribution in [0.1, 0.15) is 33.1 Å². The van der Waals surface area contributed by atoms with Gasteiger partial charge in [0.25, 0.3) is 0 Å². The smallest absolute Gasteiger partial charge is 0.407 e. The Morgan fingerprint density at radius 3 is 2.47 bits per heavy atom. The highest BCUT2D eigenvalue weighted by Crippen LogP contribution is 2.34. The second kappa shape index (κ2) is 5.00. The molecule has 5 heteroatoms. The van der Waals surface area contributed by atoms with Crippen LogP contribution in [0.2, 0.25) is 0 Å². The molecule has 0 bridgehead atoms. The largest absolute Gasteiger partial charge is 0.481 e. The van der Waals surface area contributed by atoms with E-state index >= 15 is 0 Å². The zero-order valence-electron chi connectivity index (χ0n) is 9.03. The van der Waals surface area contributed by atoms with Gasteiger partial charge in [-0.2, -0.15) is 0 Å². The van der Waals surface area contributed by atoms with E-state index in [0.717, 1.165) is 12.8 Å². The van der Waals surface area contributed by atoms with Crippen molar-refractivity contribution in [1.82, 2.24) is 5.32 Å². The van der Waals surface area contributed by atoms with Crippen molar-refractivity contribution in [2.45, 2.75) is 45.3 Å². The third kappa shape index (κ3) is 4.67. The van der Waals surface area contributed by atoms with E-state index in [1.54, 1.807) is 13.8 Å². The van der Waals surface area contributed by atoms with Crippen molar-refractivity contribution in [1.29, 1.82) is 0 Å². The second-order valence-corrected chi connectivity index (χ2v) is 4.14. The third-order valence-corrected chi connectivity index (χ3v) is 2.23. The summed E-state index contributed by atoms with van der Waals surface area (Å²) in [6.45, 7) is 3.51. The number of hydrogen-bond acceptors (Lipinski definition) is 3. The van der Waals surface area contributed by atoms with Gasteiger partial charge in [0.2, 0.25) is 0 Å². The second-order valence-electron chi connectivity index (χ2n) is 4.14. The number of carboxylic acids is 1. The highest BCUT2D eigenvalue weighted by atomic mass is 16.6. The number of rotatable bonds is 5. The first-order valence-electron chi connectivity index (χ1n) is 5.18. The van der Waals surface area contributed by atoms with E-state index in [9.17, 15) is 9.59 Å². The molecule has 1 aliphatic rings. The summed E-state index contributed by atoms with van der Waals surface area (Å²) in [6, 6.07) is -0.284. The highest BCUT2D eigenvalue weighted by molar-refractivity contribution is 5.71. The van der Waals surface area contributed by atoms with Gasteiger partial charge in [0.05, 0.1) is 12.5 Å². The first-order chi connectivity index (χ1) is 6.99. The molecule has 86 valence electrons. The van der Waals surface area contributed by atoms with Crippen LogP contribution in [-0.4, -0.2) is 29.3 Å². The van der Waals surface area contributed by atoms with Crippen LogP contribution in [0.25, 0.3) is 0 Å². The van der Waals surface area contributed by atoms with Gasteiger partial charge in [-0.25, -0.2) is 4.79 Å². The fourth-order valence-electron chi connectivity index (χ4n) is 1.42. The number of amides is 1. The molecule has 1 atom stereocenters. The predicted molar refractivity (Wildman–Crippen MR) is 53.5 cm³/mol. The molecule has 1 fully saturated rings. The van der Waals surface area contributed by atoms with Gasteiger partial charge in [0.1, 0.15) is 0 Å². The average Bonchev–Trinajstić information content (AvgIpc) is 2.81. The van der Waals surface area contributed by atoms with E-state index in [1.807, 2.05) is 0 Å². The summed E-state index contributed by atoms with van der Waals surface area (Å²) in [5.74, 6) is -0.586. The summed E-state index contributed by atoms with van der Waals surface area (Å²) in [5.41, 5.74) is 0. The molecule has 5 nitrogen and oxygen atoms in total. The topological polar surface area (TPSA) is 75.6 Å². The van der Waals surface area contributed by atoms with Gasteiger partial charge in [0, 0.05) is 6.04 Å². The van der Waals surface area contributed by atoms with Crippen LogP contribution >= 0.6 is 0 Å². The lowest BCUT2D eigenvalue weighted by Gasteiger charge is -2.17. The van der Waals surface area contributed by atoms with Crippen molar-refractivity contribution in [2.24, 2.45) is 5.92 Å². The Kier molecular flexibility index (Phi) is 3.94. The Bertz CT molecular complexity index is 248. The fourth-order valence-corrected chi connectivity index (χ4v) is 1.42. The van der Waals surface area contributed by atoms with E-state index < -0.39 is 12.1 Å². The summed E-state index contributed by atoms with van der Waals surface area (Å²) in [7, 11) is 0. The molecule has 0 saturated heterocycles. The Balaban J connectivity index is 2.36. The van der Waals surface area contributed by atoms with Crippen LogP contribution in [-0.2, 0) is 9.53 Å². The molecule has 0 aromatic heterocycles. The van der Waals surface area contributed by atoms with Crippen LogP contribution in [0.3, 0.4) is 0 Å². The Labute approximate surface area is 88.8 Å². The minimum absolute atomic E-state index is 0.0299. The summed E-state index contributed by atoms with van der Waals surface area (Å²) >= 11 is 0. The quantitative estimate of drug-likeness (QED) is 0.726. The fraction of sp³-hybridized carbons (Fsp3) is 0.800. The molecule has 1 rings (SSSR count). The third-order valence-electron chi connectivity index (χ3n) is 2.23. The maximum absolute atomic E-state index is 11.3. The number of carboxylic acid groups (broad SMARTS) is 1. The van der Waals surface area contributed by atoms with E-state index in [2.05, 4.69) is 5.32 Å². The van der Waals surface area contributed by atoms with E-state index in [1.165, 1.54) is 0 Å². The molecule has 1 unspecified atom stereocenters. The van der Waals surface area contributed by atoms with Crippen molar-refractivity contribution in [3.05, 3.63) is 0 Å². The number of ether oxygens (including phenoxy) is 1. The van der Waals surface area contributed by atoms with Crippen molar-refractivity contribution in [2.75, 3.05) is 0 Å². The van der Waals surface area contributed by atoms with Crippen LogP contribution < -0.4 is 5.32 Å². The number of nitrogens with one attached hydrogen (secondary N) is 1. The lowest BCUT2D eigenvalue weighted by molar-refractivity contribution is -0.137. The van der Waals surface area contributed by atoms with E-state index in [-0.39, 0.29) is 18.6 Å². The first-order valence-corrected chi connectivity index (χ1v) is 5.18. The molecule has 0 spiro atoms.